The van der Waals surface area contributed by atoms with Gasteiger partial charge in [0.1, 0.15) is 5.75 Å². The fourth-order valence-electron chi connectivity index (χ4n) is 2.74. The first-order valence-corrected chi connectivity index (χ1v) is 8.11. The van der Waals surface area contributed by atoms with Gasteiger partial charge >= 0.3 is 5.97 Å². The number of amides is 1. The van der Waals surface area contributed by atoms with E-state index < -0.39 is 12.1 Å². The normalized spacial score (nSPS) is 17.0. The summed E-state index contributed by atoms with van der Waals surface area (Å²) >= 11 is 0. The topological polar surface area (TPSA) is 83.9 Å². The second-order valence-corrected chi connectivity index (χ2v) is 6.58. The molecule has 1 aliphatic heterocycles. The van der Waals surface area contributed by atoms with Crippen LogP contribution < -0.4 is 9.64 Å². The third-order valence-corrected chi connectivity index (χ3v) is 3.96. The smallest absolute Gasteiger partial charge is 0.303 e. The molecule has 24 heavy (non-hydrogen) atoms. The molecule has 1 aromatic carbocycles. The van der Waals surface area contributed by atoms with Crippen LogP contribution in [0.3, 0.4) is 0 Å². The van der Waals surface area contributed by atoms with Gasteiger partial charge in [-0.2, -0.15) is 0 Å². The number of carboxylic acids is 1. The molecule has 130 valence electrons. The average Bonchev–Trinajstić information content (AvgIpc) is 2.50. The molecule has 1 unspecified atom stereocenters. The Hall–Kier alpha value is -2.37. The van der Waals surface area contributed by atoms with E-state index in [1.165, 1.54) is 0 Å². The number of carbonyl (C=O) groups excluding carboxylic acids is 2. The summed E-state index contributed by atoms with van der Waals surface area (Å²) in [4.78, 5) is 37.1. The van der Waals surface area contributed by atoms with E-state index in [4.69, 9.17) is 9.84 Å². The molecule has 2 rings (SSSR count). The standard InChI is InChI=1S/C18H23NO5/c1-10(2)17-18(23)19(11(3)4)13-9-12(5-7-15(13)24-17)14(20)6-8-16(21)22/h5,7,9-11,17H,6,8H2,1-4H3,(H,21,22). The van der Waals surface area contributed by atoms with Gasteiger partial charge in [0, 0.05) is 18.0 Å². The Balaban J connectivity index is 2.38. The van der Waals surface area contributed by atoms with Crippen molar-refractivity contribution < 1.29 is 24.2 Å². The first kappa shape index (κ1) is 18.0. The molecule has 1 heterocycles. The molecule has 0 bridgehead atoms. The molecule has 0 aliphatic carbocycles. The number of fused-ring (bicyclic) bond motifs is 1. The third kappa shape index (κ3) is 3.58. The highest BCUT2D eigenvalue weighted by Gasteiger charge is 2.37. The predicted octanol–water partition coefficient (Wildman–Crippen LogP) is 2.89. The molecular weight excluding hydrogens is 310 g/mol. The predicted molar refractivity (Wildman–Crippen MR) is 89.5 cm³/mol. The fraction of sp³-hybridized carbons (Fsp3) is 0.500. The summed E-state index contributed by atoms with van der Waals surface area (Å²) in [7, 11) is 0. The number of hydrogen-bond donors (Lipinski definition) is 1. The summed E-state index contributed by atoms with van der Waals surface area (Å²) in [6.07, 6.45) is -0.832. The lowest BCUT2D eigenvalue weighted by Gasteiger charge is -2.38. The van der Waals surface area contributed by atoms with Crippen LogP contribution in [-0.2, 0) is 9.59 Å². The largest absolute Gasteiger partial charge is 0.481 e. The van der Waals surface area contributed by atoms with E-state index >= 15 is 0 Å². The summed E-state index contributed by atoms with van der Waals surface area (Å²) in [5.41, 5.74) is 0.952. The van der Waals surface area contributed by atoms with Crippen molar-refractivity contribution >= 4 is 23.3 Å². The molecule has 1 aliphatic rings. The van der Waals surface area contributed by atoms with Crippen LogP contribution in [0.4, 0.5) is 5.69 Å². The number of Topliss-reactive ketones (excluding diaryl/α,β-unsaturated/α-hetero) is 1. The van der Waals surface area contributed by atoms with Crippen molar-refractivity contribution in [3.8, 4) is 5.75 Å². The SMILES string of the molecule is CC(C)C1Oc2ccc(C(=O)CCC(=O)O)cc2N(C(C)C)C1=O. The van der Waals surface area contributed by atoms with E-state index in [1.54, 1.807) is 23.1 Å². The molecule has 6 nitrogen and oxygen atoms in total. The lowest BCUT2D eigenvalue weighted by atomic mass is 9.99. The Labute approximate surface area is 141 Å². The Morgan fingerprint density at radius 3 is 2.42 bits per heavy atom. The van der Waals surface area contributed by atoms with Crippen molar-refractivity contribution in [2.75, 3.05) is 4.90 Å². The summed E-state index contributed by atoms with van der Waals surface area (Å²) in [6.45, 7) is 7.67. The Morgan fingerprint density at radius 2 is 1.88 bits per heavy atom. The number of nitrogens with zero attached hydrogens (tertiary/aromatic N) is 1. The van der Waals surface area contributed by atoms with Crippen LogP contribution >= 0.6 is 0 Å². The van der Waals surface area contributed by atoms with E-state index in [1.807, 2.05) is 27.7 Å². The molecule has 1 aromatic rings. The molecule has 0 spiro atoms. The van der Waals surface area contributed by atoms with E-state index in [0.717, 1.165) is 0 Å². The minimum atomic E-state index is -1.01. The molecule has 0 radical (unpaired) electrons. The number of carboxylic acid groups (broad SMARTS) is 1. The first-order valence-electron chi connectivity index (χ1n) is 8.11. The summed E-state index contributed by atoms with van der Waals surface area (Å²) in [5, 5.41) is 8.71. The summed E-state index contributed by atoms with van der Waals surface area (Å²) < 4.78 is 5.82. The van der Waals surface area contributed by atoms with Crippen LogP contribution in [0.1, 0.15) is 50.9 Å². The van der Waals surface area contributed by atoms with Gasteiger partial charge in [-0.25, -0.2) is 0 Å². The second kappa shape index (κ2) is 7.03. The molecule has 0 aromatic heterocycles. The van der Waals surface area contributed by atoms with Gasteiger partial charge < -0.3 is 14.7 Å². The Bertz CT molecular complexity index is 665. The van der Waals surface area contributed by atoms with Crippen LogP contribution in [0.5, 0.6) is 5.75 Å². The number of ketones is 1. The van der Waals surface area contributed by atoms with Crippen LogP contribution in [-0.4, -0.2) is 34.9 Å². The lowest BCUT2D eigenvalue weighted by Crippen LogP contribution is -2.51. The molecule has 6 heteroatoms. The minimum Gasteiger partial charge on any atom is -0.481 e. The van der Waals surface area contributed by atoms with Crippen LogP contribution in [0, 0.1) is 5.92 Å². The number of anilines is 1. The minimum absolute atomic E-state index is 0.0313. The quantitative estimate of drug-likeness (QED) is 0.809. The van der Waals surface area contributed by atoms with Crippen molar-refractivity contribution in [2.45, 2.75) is 52.7 Å². The third-order valence-electron chi connectivity index (χ3n) is 3.96. The van der Waals surface area contributed by atoms with E-state index in [2.05, 4.69) is 0 Å². The zero-order chi connectivity index (χ0) is 18.0. The Kier molecular flexibility index (Phi) is 5.26. The van der Waals surface area contributed by atoms with Gasteiger partial charge in [-0.15, -0.1) is 0 Å². The van der Waals surface area contributed by atoms with Gasteiger partial charge in [0.05, 0.1) is 12.1 Å². The molecule has 1 atom stereocenters. The molecule has 0 saturated heterocycles. The zero-order valence-corrected chi connectivity index (χ0v) is 14.4. The van der Waals surface area contributed by atoms with E-state index in [9.17, 15) is 14.4 Å². The summed E-state index contributed by atoms with van der Waals surface area (Å²) in [5.74, 6) is -0.797. The number of ether oxygens (including phenoxy) is 1. The van der Waals surface area contributed by atoms with Crippen LogP contribution in [0.25, 0.3) is 0 Å². The first-order chi connectivity index (χ1) is 11.2. The lowest BCUT2D eigenvalue weighted by molar-refractivity contribution is -0.137. The van der Waals surface area contributed by atoms with Gasteiger partial charge in [0.2, 0.25) is 0 Å². The van der Waals surface area contributed by atoms with Crippen molar-refractivity contribution in [2.24, 2.45) is 5.92 Å². The van der Waals surface area contributed by atoms with Gasteiger partial charge in [0.25, 0.3) is 5.91 Å². The number of carbonyl (C=O) groups is 3. The molecular formula is C18H23NO5. The van der Waals surface area contributed by atoms with Gasteiger partial charge in [-0.3, -0.25) is 14.4 Å². The fourth-order valence-corrected chi connectivity index (χ4v) is 2.74. The molecule has 0 fully saturated rings. The highest BCUT2D eigenvalue weighted by molar-refractivity contribution is 6.03. The van der Waals surface area contributed by atoms with Crippen LogP contribution in [0.2, 0.25) is 0 Å². The van der Waals surface area contributed by atoms with Crippen molar-refractivity contribution in [3.63, 3.8) is 0 Å². The van der Waals surface area contributed by atoms with E-state index in [-0.39, 0.29) is 36.5 Å². The number of aliphatic carboxylic acids is 1. The molecule has 1 N–H and O–H groups in total. The number of rotatable bonds is 6. The van der Waals surface area contributed by atoms with Crippen molar-refractivity contribution in [1.82, 2.24) is 0 Å². The van der Waals surface area contributed by atoms with Gasteiger partial charge in [-0.05, 0) is 38.0 Å². The number of hydrogen-bond acceptors (Lipinski definition) is 4. The Morgan fingerprint density at radius 1 is 1.21 bits per heavy atom. The second-order valence-electron chi connectivity index (χ2n) is 6.58. The van der Waals surface area contributed by atoms with E-state index in [0.29, 0.717) is 17.0 Å². The van der Waals surface area contributed by atoms with Crippen LogP contribution in [0.15, 0.2) is 18.2 Å². The maximum atomic E-state index is 12.7. The van der Waals surface area contributed by atoms with Gasteiger partial charge in [0.15, 0.2) is 11.9 Å². The number of benzene rings is 1. The van der Waals surface area contributed by atoms with Gasteiger partial charge in [-0.1, -0.05) is 13.8 Å². The van der Waals surface area contributed by atoms with Crippen molar-refractivity contribution in [3.05, 3.63) is 23.8 Å². The zero-order valence-electron chi connectivity index (χ0n) is 14.4. The van der Waals surface area contributed by atoms with Crippen molar-refractivity contribution in [1.29, 1.82) is 0 Å². The highest BCUT2D eigenvalue weighted by atomic mass is 16.5. The maximum absolute atomic E-state index is 12.7. The average molecular weight is 333 g/mol. The molecule has 0 saturated carbocycles. The molecule has 1 amide bonds. The summed E-state index contributed by atoms with van der Waals surface area (Å²) in [6, 6.07) is 4.84. The maximum Gasteiger partial charge on any atom is 0.303 e. The highest BCUT2D eigenvalue weighted by Crippen LogP contribution is 2.37. The monoisotopic (exact) mass is 333 g/mol.